The first-order valence-electron chi connectivity index (χ1n) is 12.4. The van der Waals surface area contributed by atoms with Crippen LogP contribution in [0.4, 0.5) is 0 Å². The Hall–Kier alpha value is -2.33. The Bertz CT molecular complexity index is 951. The van der Waals surface area contributed by atoms with Gasteiger partial charge in [-0.2, -0.15) is 0 Å². The molecular weight excluding hydrogens is 432 g/mol. The van der Waals surface area contributed by atoms with Gasteiger partial charge in [0.05, 0.1) is 6.04 Å². The van der Waals surface area contributed by atoms with Crippen molar-refractivity contribution in [3.05, 3.63) is 70.8 Å². The van der Waals surface area contributed by atoms with Gasteiger partial charge in [-0.05, 0) is 55.7 Å². The summed E-state index contributed by atoms with van der Waals surface area (Å²) in [5, 5.41) is 3.32. The van der Waals surface area contributed by atoms with Crippen molar-refractivity contribution in [2.75, 3.05) is 5.88 Å². The van der Waals surface area contributed by atoms with E-state index in [0.29, 0.717) is 0 Å². The molecule has 2 unspecified atom stereocenters. The molecule has 4 rings (SSSR count). The largest absolute Gasteiger partial charge is 0.351 e. The zero-order valence-electron chi connectivity index (χ0n) is 19.6. The molecule has 0 saturated heterocycles. The molecule has 4 nitrogen and oxygen atoms in total. The van der Waals surface area contributed by atoms with Gasteiger partial charge < -0.3 is 10.2 Å². The molecule has 2 aromatic carbocycles. The highest BCUT2D eigenvalue weighted by molar-refractivity contribution is 6.27. The average Bonchev–Trinajstić information content (AvgIpc) is 3.11. The maximum absolute atomic E-state index is 13.9. The third-order valence-electron chi connectivity index (χ3n) is 7.20. The zero-order chi connectivity index (χ0) is 23.2. The summed E-state index contributed by atoms with van der Waals surface area (Å²) in [6.45, 7) is 2.03. The first kappa shape index (κ1) is 23.8. The van der Waals surface area contributed by atoms with Crippen LogP contribution < -0.4 is 5.32 Å². The number of carbonyl (C=O) groups is 2. The fraction of sp³-hybridized carbons (Fsp3) is 0.500. The highest BCUT2D eigenvalue weighted by Crippen LogP contribution is 2.39. The number of aryl methyl sites for hydroxylation is 2. The quantitative estimate of drug-likeness (QED) is 0.418. The van der Waals surface area contributed by atoms with Crippen molar-refractivity contribution in [3.63, 3.8) is 0 Å². The lowest BCUT2D eigenvalue weighted by atomic mass is 9.85. The topological polar surface area (TPSA) is 49.4 Å². The van der Waals surface area contributed by atoms with E-state index in [-0.39, 0.29) is 29.8 Å². The number of fused-ring (bicyclic) bond motifs is 1. The summed E-state index contributed by atoms with van der Waals surface area (Å²) >= 11 is 6.15. The number of hydrogen-bond donors (Lipinski definition) is 1. The minimum Gasteiger partial charge on any atom is -0.351 e. The van der Waals surface area contributed by atoms with Crippen LogP contribution in [0, 0.1) is 6.92 Å². The maximum atomic E-state index is 13.9. The van der Waals surface area contributed by atoms with E-state index < -0.39 is 6.04 Å². The summed E-state index contributed by atoms with van der Waals surface area (Å²) in [7, 11) is 0. The van der Waals surface area contributed by atoms with Crippen LogP contribution in [-0.4, -0.2) is 28.6 Å². The Kier molecular flexibility index (Phi) is 8.08. The first-order valence-corrected chi connectivity index (χ1v) is 12.9. The van der Waals surface area contributed by atoms with E-state index in [0.717, 1.165) is 61.6 Å². The van der Waals surface area contributed by atoms with Gasteiger partial charge in [0.1, 0.15) is 11.9 Å². The molecule has 0 bridgehead atoms. The fourth-order valence-corrected chi connectivity index (χ4v) is 5.61. The lowest BCUT2D eigenvalue weighted by molar-refractivity contribution is -0.142. The van der Waals surface area contributed by atoms with Crippen molar-refractivity contribution >= 4 is 23.4 Å². The Morgan fingerprint density at radius 1 is 0.970 bits per heavy atom. The van der Waals surface area contributed by atoms with Crippen LogP contribution in [0.15, 0.2) is 48.5 Å². The summed E-state index contributed by atoms with van der Waals surface area (Å²) in [6.07, 6.45) is 9.55. The number of nitrogens with zero attached hydrogens (tertiary/aromatic N) is 1. The normalized spacial score (nSPS) is 19.8. The highest BCUT2D eigenvalue weighted by Gasteiger charge is 2.38. The highest BCUT2D eigenvalue weighted by atomic mass is 35.5. The lowest BCUT2D eigenvalue weighted by Gasteiger charge is -2.40. The molecular formula is C28H35ClN2O2. The maximum Gasteiger partial charge on any atom is 0.247 e. The Labute approximate surface area is 202 Å². The standard InChI is InChI=1S/C28H35ClN2O2/c1-20-15-17-22(18-16-20)27(28(33)30-23-11-4-2-3-5-12-23)31(26(32)19-29)25-14-8-10-21-9-6-7-13-24(21)25/h6-7,9,13,15-18,23,25,27H,2-5,8,10-12,14,19H2,1H3,(H,30,33). The van der Waals surface area contributed by atoms with Gasteiger partial charge in [0, 0.05) is 6.04 Å². The summed E-state index contributed by atoms with van der Waals surface area (Å²) in [4.78, 5) is 29.0. The molecule has 2 amide bonds. The van der Waals surface area contributed by atoms with Crippen LogP contribution >= 0.6 is 11.6 Å². The summed E-state index contributed by atoms with van der Waals surface area (Å²) in [6, 6.07) is 15.6. The fourth-order valence-electron chi connectivity index (χ4n) is 5.47. The predicted octanol–water partition coefficient (Wildman–Crippen LogP) is 6.02. The molecule has 2 aliphatic carbocycles. The second-order valence-corrected chi connectivity index (χ2v) is 9.82. The van der Waals surface area contributed by atoms with E-state index in [4.69, 9.17) is 11.6 Å². The van der Waals surface area contributed by atoms with Gasteiger partial charge in [0.15, 0.2) is 0 Å². The van der Waals surface area contributed by atoms with E-state index in [1.165, 1.54) is 18.4 Å². The first-order chi connectivity index (χ1) is 16.1. The Morgan fingerprint density at radius 2 is 1.67 bits per heavy atom. The van der Waals surface area contributed by atoms with Crippen molar-refractivity contribution < 1.29 is 9.59 Å². The molecule has 2 aliphatic rings. The minimum absolute atomic E-state index is 0.0905. The van der Waals surface area contributed by atoms with E-state index in [1.807, 2.05) is 43.3 Å². The second-order valence-electron chi connectivity index (χ2n) is 9.55. The second kappa shape index (κ2) is 11.2. The molecule has 33 heavy (non-hydrogen) atoms. The van der Waals surface area contributed by atoms with Crippen LogP contribution in [0.2, 0.25) is 0 Å². The van der Waals surface area contributed by atoms with E-state index in [9.17, 15) is 9.59 Å². The van der Waals surface area contributed by atoms with Gasteiger partial charge >= 0.3 is 0 Å². The smallest absolute Gasteiger partial charge is 0.247 e. The molecule has 1 N–H and O–H groups in total. The molecule has 5 heteroatoms. The van der Waals surface area contributed by atoms with Crippen molar-refractivity contribution in [1.29, 1.82) is 0 Å². The van der Waals surface area contributed by atoms with Gasteiger partial charge in [0.25, 0.3) is 0 Å². The van der Waals surface area contributed by atoms with E-state index in [2.05, 4.69) is 17.4 Å². The Balaban J connectivity index is 1.73. The minimum atomic E-state index is -0.698. The SMILES string of the molecule is Cc1ccc(C(C(=O)NC2CCCCCC2)N(C(=O)CCl)C2CCCc3ccccc32)cc1. The molecule has 2 aromatic rings. The number of carbonyl (C=O) groups excluding carboxylic acids is 2. The van der Waals surface area contributed by atoms with Gasteiger partial charge in [-0.3, -0.25) is 9.59 Å². The number of halogens is 1. The number of nitrogens with one attached hydrogen (secondary N) is 1. The third-order valence-corrected chi connectivity index (χ3v) is 7.43. The van der Waals surface area contributed by atoms with Gasteiger partial charge in [0.2, 0.25) is 11.8 Å². The molecule has 0 radical (unpaired) electrons. The monoisotopic (exact) mass is 466 g/mol. The molecule has 2 atom stereocenters. The number of alkyl halides is 1. The number of hydrogen-bond acceptors (Lipinski definition) is 2. The van der Waals surface area contributed by atoms with Crippen LogP contribution in [0.25, 0.3) is 0 Å². The van der Waals surface area contributed by atoms with Gasteiger partial charge in [-0.25, -0.2) is 0 Å². The van der Waals surface area contributed by atoms with Crippen LogP contribution in [0.1, 0.15) is 85.7 Å². The molecule has 0 aliphatic heterocycles. The van der Waals surface area contributed by atoms with Crippen molar-refractivity contribution in [3.8, 4) is 0 Å². The third kappa shape index (κ3) is 5.60. The molecule has 176 valence electrons. The number of benzene rings is 2. The van der Waals surface area contributed by atoms with E-state index >= 15 is 0 Å². The van der Waals surface area contributed by atoms with Crippen molar-refractivity contribution in [1.82, 2.24) is 10.2 Å². The van der Waals surface area contributed by atoms with Crippen LogP contribution in [0.3, 0.4) is 0 Å². The molecule has 0 aromatic heterocycles. The average molecular weight is 467 g/mol. The summed E-state index contributed by atoms with van der Waals surface area (Å²) in [5.41, 5.74) is 4.36. The lowest BCUT2D eigenvalue weighted by Crippen LogP contribution is -2.48. The van der Waals surface area contributed by atoms with Crippen molar-refractivity contribution in [2.45, 2.75) is 82.8 Å². The molecule has 0 spiro atoms. The van der Waals surface area contributed by atoms with Crippen molar-refractivity contribution in [2.24, 2.45) is 0 Å². The summed E-state index contributed by atoms with van der Waals surface area (Å²) < 4.78 is 0. The van der Waals surface area contributed by atoms with E-state index in [1.54, 1.807) is 4.90 Å². The molecule has 0 heterocycles. The molecule has 1 saturated carbocycles. The predicted molar refractivity (Wildman–Crippen MR) is 133 cm³/mol. The van der Waals surface area contributed by atoms with Gasteiger partial charge in [-0.15, -0.1) is 11.6 Å². The zero-order valence-corrected chi connectivity index (χ0v) is 20.3. The molecule has 1 fully saturated rings. The number of rotatable bonds is 6. The van der Waals surface area contributed by atoms with Crippen LogP contribution in [-0.2, 0) is 16.0 Å². The number of amides is 2. The van der Waals surface area contributed by atoms with Gasteiger partial charge in [-0.1, -0.05) is 79.8 Å². The van der Waals surface area contributed by atoms with Crippen LogP contribution in [0.5, 0.6) is 0 Å². The summed E-state index contributed by atoms with van der Waals surface area (Å²) in [5.74, 6) is -0.426. The Morgan fingerprint density at radius 3 is 2.36 bits per heavy atom.